The molecular formula is C19H13Cl4FO5S. The number of esters is 2. The van der Waals surface area contributed by atoms with Crippen LogP contribution >= 0.6 is 58.2 Å². The van der Waals surface area contributed by atoms with Crippen molar-refractivity contribution in [3.63, 3.8) is 0 Å². The molecule has 30 heavy (non-hydrogen) atoms. The number of halogens is 5. The molecule has 0 bridgehead atoms. The van der Waals surface area contributed by atoms with E-state index in [0.717, 1.165) is 0 Å². The molecular weight excluding hydrogens is 501 g/mol. The summed E-state index contributed by atoms with van der Waals surface area (Å²) in [7, 11) is 0. The first-order chi connectivity index (χ1) is 14.1. The SMILES string of the molecule is Cc1c(Cl)ccc(C(=O)O[C@@H]2SC(O)[C@@H](F)[C@@H]2OC(=O)c2ccc(Cl)cc2Cl)c1Cl. The predicted octanol–water partition coefficient (Wildman–Crippen LogP) is 5.72. The molecule has 0 saturated carbocycles. The molecule has 0 radical (unpaired) electrons. The molecule has 1 fully saturated rings. The second-order valence-corrected chi connectivity index (χ2v) is 9.12. The number of aliphatic hydroxyl groups is 1. The molecule has 1 N–H and O–H groups in total. The Bertz CT molecular complexity index is 1010. The monoisotopic (exact) mass is 512 g/mol. The number of hydrogen-bond acceptors (Lipinski definition) is 6. The molecule has 11 heteroatoms. The normalized spacial score (nSPS) is 23.3. The smallest absolute Gasteiger partial charge is 0.340 e. The Morgan fingerprint density at radius 3 is 2.30 bits per heavy atom. The van der Waals surface area contributed by atoms with Gasteiger partial charge in [-0.05, 0) is 42.8 Å². The van der Waals surface area contributed by atoms with E-state index in [4.69, 9.17) is 55.9 Å². The summed E-state index contributed by atoms with van der Waals surface area (Å²) in [5.74, 6) is -1.84. The van der Waals surface area contributed by atoms with Gasteiger partial charge >= 0.3 is 11.9 Å². The largest absolute Gasteiger partial charge is 0.451 e. The number of rotatable bonds is 4. The molecule has 0 spiro atoms. The second-order valence-electron chi connectivity index (χ2n) is 6.27. The van der Waals surface area contributed by atoms with Gasteiger partial charge < -0.3 is 14.6 Å². The molecule has 1 heterocycles. The first-order valence-electron chi connectivity index (χ1n) is 8.39. The van der Waals surface area contributed by atoms with Crippen LogP contribution in [0.15, 0.2) is 30.3 Å². The van der Waals surface area contributed by atoms with Gasteiger partial charge in [-0.2, -0.15) is 0 Å². The van der Waals surface area contributed by atoms with Crippen LogP contribution in [0.2, 0.25) is 20.1 Å². The van der Waals surface area contributed by atoms with Crippen molar-refractivity contribution in [3.05, 3.63) is 67.1 Å². The van der Waals surface area contributed by atoms with Gasteiger partial charge in [-0.1, -0.05) is 58.2 Å². The topological polar surface area (TPSA) is 72.8 Å². The minimum Gasteiger partial charge on any atom is -0.451 e. The fourth-order valence-corrected chi connectivity index (χ4v) is 4.66. The van der Waals surface area contributed by atoms with Crippen LogP contribution in [0.25, 0.3) is 0 Å². The maximum Gasteiger partial charge on any atom is 0.340 e. The minimum absolute atomic E-state index is 0.00165. The van der Waals surface area contributed by atoms with Gasteiger partial charge in [0.25, 0.3) is 0 Å². The van der Waals surface area contributed by atoms with Gasteiger partial charge in [0.1, 0.15) is 5.44 Å². The van der Waals surface area contributed by atoms with Crippen LogP contribution in [0.1, 0.15) is 26.3 Å². The number of carbonyl (C=O) groups is 2. The molecule has 0 aromatic heterocycles. The molecule has 3 rings (SSSR count). The van der Waals surface area contributed by atoms with Crippen LogP contribution in [-0.4, -0.2) is 40.2 Å². The van der Waals surface area contributed by atoms with Gasteiger partial charge in [-0.25, -0.2) is 14.0 Å². The zero-order valence-corrected chi connectivity index (χ0v) is 18.9. The van der Waals surface area contributed by atoms with Crippen LogP contribution in [0.3, 0.4) is 0 Å². The lowest BCUT2D eigenvalue weighted by atomic mass is 10.1. The Labute approximate surface area is 195 Å². The van der Waals surface area contributed by atoms with E-state index in [-0.39, 0.29) is 21.2 Å². The molecule has 1 saturated heterocycles. The average Bonchev–Trinajstić information content (AvgIpc) is 2.93. The highest BCUT2D eigenvalue weighted by Crippen LogP contribution is 2.39. The summed E-state index contributed by atoms with van der Waals surface area (Å²) >= 11 is 24.5. The third-order valence-corrected chi connectivity index (χ3v) is 6.90. The second kappa shape index (κ2) is 9.51. The number of carbonyl (C=O) groups excluding carboxylic acids is 2. The van der Waals surface area contributed by atoms with Gasteiger partial charge in [0.05, 0.1) is 21.2 Å². The summed E-state index contributed by atoms with van der Waals surface area (Å²) in [5.41, 5.74) is -2.47. The molecule has 1 aliphatic rings. The number of hydrogen-bond donors (Lipinski definition) is 1. The molecule has 160 valence electrons. The van der Waals surface area contributed by atoms with Gasteiger partial charge in [0.2, 0.25) is 0 Å². The van der Waals surface area contributed by atoms with Crippen LogP contribution in [0.4, 0.5) is 4.39 Å². The molecule has 1 aliphatic heterocycles. The van der Waals surface area contributed by atoms with Crippen LogP contribution < -0.4 is 0 Å². The van der Waals surface area contributed by atoms with Crippen molar-refractivity contribution in [3.8, 4) is 0 Å². The maximum absolute atomic E-state index is 14.5. The van der Waals surface area contributed by atoms with E-state index < -0.39 is 35.1 Å². The average molecular weight is 514 g/mol. The van der Waals surface area contributed by atoms with E-state index in [0.29, 0.717) is 27.4 Å². The Kier molecular flexibility index (Phi) is 7.43. The Morgan fingerprint density at radius 1 is 1.00 bits per heavy atom. The summed E-state index contributed by atoms with van der Waals surface area (Å²) in [5, 5.41) is 10.6. The first-order valence-corrected chi connectivity index (χ1v) is 10.8. The fraction of sp³-hybridized carbons (Fsp3) is 0.263. The third-order valence-electron chi connectivity index (χ3n) is 4.29. The van der Waals surface area contributed by atoms with Crippen molar-refractivity contribution in [2.24, 2.45) is 0 Å². The number of thioether (sulfide) groups is 1. The highest BCUT2D eigenvalue weighted by molar-refractivity contribution is 8.00. The van der Waals surface area contributed by atoms with Crippen LogP contribution in [-0.2, 0) is 9.47 Å². The summed E-state index contributed by atoms with van der Waals surface area (Å²) in [6.07, 6.45) is -3.56. The van der Waals surface area contributed by atoms with Gasteiger partial charge in [-0.15, -0.1) is 0 Å². The van der Waals surface area contributed by atoms with Crippen molar-refractivity contribution < 1.29 is 28.6 Å². The van der Waals surface area contributed by atoms with E-state index in [9.17, 15) is 19.1 Å². The Hall–Kier alpha value is -1.22. The van der Waals surface area contributed by atoms with Crippen molar-refractivity contribution in [1.82, 2.24) is 0 Å². The zero-order valence-electron chi connectivity index (χ0n) is 15.1. The van der Waals surface area contributed by atoms with E-state index in [1.807, 2.05) is 0 Å². The number of ether oxygens (including phenoxy) is 2. The minimum atomic E-state index is -2.00. The maximum atomic E-state index is 14.5. The summed E-state index contributed by atoms with van der Waals surface area (Å²) < 4.78 is 24.9. The zero-order chi connectivity index (χ0) is 22.2. The summed E-state index contributed by atoms with van der Waals surface area (Å²) in [6, 6.07) is 6.88. The highest BCUT2D eigenvalue weighted by atomic mass is 35.5. The van der Waals surface area contributed by atoms with E-state index >= 15 is 0 Å². The van der Waals surface area contributed by atoms with E-state index in [1.165, 1.54) is 30.3 Å². The Balaban J connectivity index is 1.79. The van der Waals surface area contributed by atoms with Crippen molar-refractivity contribution in [2.45, 2.75) is 30.1 Å². The molecule has 1 unspecified atom stereocenters. The first kappa shape index (κ1) is 23.4. The molecule has 4 atom stereocenters. The van der Waals surface area contributed by atoms with E-state index in [2.05, 4.69) is 0 Å². The lowest BCUT2D eigenvalue weighted by Gasteiger charge is -2.21. The lowest BCUT2D eigenvalue weighted by Crippen LogP contribution is -2.36. The number of benzene rings is 2. The number of aliphatic hydroxyl groups excluding tert-OH is 1. The van der Waals surface area contributed by atoms with Crippen molar-refractivity contribution >= 4 is 70.1 Å². The number of alkyl halides is 1. The summed E-state index contributed by atoms with van der Waals surface area (Å²) in [4.78, 5) is 25.0. The van der Waals surface area contributed by atoms with Crippen molar-refractivity contribution in [2.75, 3.05) is 0 Å². The van der Waals surface area contributed by atoms with Crippen LogP contribution in [0.5, 0.6) is 0 Å². The van der Waals surface area contributed by atoms with Gasteiger partial charge in [0, 0.05) is 10.0 Å². The standard InChI is InChI=1S/C19H13Cl4FO5S/c1-7-11(21)5-4-10(13(7)23)17(26)29-19-15(14(24)18(27)30-19)28-16(25)9-3-2-8(20)6-12(9)22/h2-6,14-15,18-19,27H,1H3/t14-,15-,18?,19+/m0/s1. The lowest BCUT2D eigenvalue weighted by molar-refractivity contribution is -0.0388. The molecule has 0 aliphatic carbocycles. The van der Waals surface area contributed by atoms with Crippen LogP contribution in [0, 0.1) is 6.92 Å². The fourth-order valence-electron chi connectivity index (χ4n) is 2.65. The highest BCUT2D eigenvalue weighted by Gasteiger charge is 2.49. The van der Waals surface area contributed by atoms with Crippen molar-refractivity contribution in [1.29, 1.82) is 0 Å². The van der Waals surface area contributed by atoms with E-state index in [1.54, 1.807) is 6.92 Å². The molecule has 0 amide bonds. The quantitative estimate of drug-likeness (QED) is 0.527. The molecule has 5 nitrogen and oxygen atoms in total. The predicted molar refractivity (Wildman–Crippen MR) is 115 cm³/mol. The Morgan fingerprint density at radius 2 is 1.63 bits per heavy atom. The molecule has 2 aromatic rings. The molecule has 2 aromatic carbocycles. The van der Waals surface area contributed by atoms with Gasteiger partial charge in [0.15, 0.2) is 17.7 Å². The third kappa shape index (κ3) is 4.82. The van der Waals surface area contributed by atoms with Gasteiger partial charge in [-0.3, -0.25) is 0 Å². The summed E-state index contributed by atoms with van der Waals surface area (Å²) in [6.45, 7) is 1.62.